The molecule has 6 nitrogen and oxygen atoms in total. The molecule has 0 bridgehead atoms. The first-order valence-electron chi connectivity index (χ1n) is 6.38. The van der Waals surface area contributed by atoms with Crippen LogP contribution in [0.2, 0.25) is 0 Å². The molecular formula is C11H23N3O3S. The highest BCUT2D eigenvalue weighted by Gasteiger charge is 2.25. The number of hydrogen-bond donors (Lipinski definition) is 2. The molecule has 106 valence electrons. The zero-order valence-corrected chi connectivity index (χ0v) is 11.7. The van der Waals surface area contributed by atoms with Gasteiger partial charge in [0.05, 0.1) is 11.5 Å². The van der Waals surface area contributed by atoms with E-state index in [1.54, 1.807) is 0 Å². The molecule has 0 atom stereocenters. The van der Waals surface area contributed by atoms with Crippen molar-refractivity contribution in [3.05, 3.63) is 0 Å². The number of nitrogens with one attached hydrogen (secondary N) is 1. The van der Waals surface area contributed by atoms with Crippen LogP contribution in [0.5, 0.6) is 0 Å². The molecule has 7 heteroatoms. The molecule has 1 saturated heterocycles. The van der Waals surface area contributed by atoms with E-state index in [-0.39, 0.29) is 17.9 Å². The summed E-state index contributed by atoms with van der Waals surface area (Å²) in [5.41, 5.74) is 4.96. The number of nitrogens with zero attached hydrogens (tertiary/aromatic N) is 1. The Morgan fingerprint density at radius 2 is 2.00 bits per heavy atom. The predicted octanol–water partition coefficient (Wildman–Crippen LogP) is -1.04. The molecule has 0 saturated carbocycles. The summed E-state index contributed by atoms with van der Waals surface area (Å²) in [4.78, 5) is 12.8. The normalized spacial score (nSPS) is 16.8. The Balaban J connectivity index is 2.37. The Kier molecular flexibility index (Phi) is 6.04. The Morgan fingerprint density at radius 1 is 1.33 bits per heavy atom. The highest BCUT2D eigenvalue weighted by molar-refractivity contribution is 7.91. The number of carbonyl (C=O) groups excluding carboxylic acids is 1. The van der Waals surface area contributed by atoms with Crippen molar-refractivity contribution < 1.29 is 13.2 Å². The van der Waals surface area contributed by atoms with E-state index in [9.17, 15) is 13.2 Å². The number of carbonyl (C=O) groups is 1. The lowest BCUT2D eigenvalue weighted by molar-refractivity contribution is -0.117. The largest absolute Gasteiger partial charge is 0.370 e. The fraction of sp³-hybridized carbons (Fsp3) is 0.909. The molecule has 1 amide bonds. The Labute approximate surface area is 109 Å². The van der Waals surface area contributed by atoms with E-state index in [2.05, 4.69) is 17.1 Å². The molecular weight excluding hydrogens is 254 g/mol. The summed E-state index contributed by atoms with van der Waals surface area (Å²) in [6, 6.07) is 0.455. The summed E-state index contributed by atoms with van der Waals surface area (Å²) in [5.74, 6) is -0.589. The van der Waals surface area contributed by atoms with Crippen molar-refractivity contribution in [1.82, 2.24) is 10.2 Å². The SMILES string of the molecule is CCCN(CCS(=O)(=O)CCC(N)=O)C1CNC1. The molecule has 1 aliphatic rings. The predicted molar refractivity (Wildman–Crippen MR) is 71.0 cm³/mol. The van der Waals surface area contributed by atoms with Crippen LogP contribution < -0.4 is 11.1 Å². The molecule has 0 aromatic rings. The minimum atomic E-state index is -3.17. The molecule has 0 aromatic carbocycles. The molecule has 3 N–H and O–H groups in total. The molecule has 1 heterocycles. The third-order valence-corrected chi connectivity index (χ3v) is 4.77. The zero-order chi connectivity index (χ0) is 13.6. The maximum atomic E-state index is 11.7. The van der Waals surface area contributed by atoms with Gasteiger partial charge in [0.1, 0.15) is 0 Å². The lowest BCUT2D eigenvalue weighted by atomic mass is 10.1. The second-order valence-electron chi connectivity index (χ2n) is 4.72. The van der Waals surface area contributed by atoms with Crippen LogP contribution in [0.4, 0.5) is 0 Å². The van der Waals surface area contributed by atoms with E-state index < -0.39 is 15.7 Å². The highest BCUT2D eigenvalue weighted by Crippen LogP contribution is 2.07. The minimum Gasteiger partial charge on any atom is -0.370 e. The quantitative estimate of drug-likeness (QED) is 0.561. The molecule has 18 heavy (non-hydrogen) atoms. The van der Waals surface area contributed by atoms with E-state index in [0.29, 0.717) is 12.6 Å². The molecule has 1 aliphatic heterocycles. The number of amides is 1. The Bertz CT molecular complexity index is 366. The van der Waals surface area contributed by atoms with Crippen molar-refractivity contribution >= 4 is 15.7 Å². The first kappa shape index (κ1) is 15.4. The number of primary amides is 1. The van der Waals surface area contributed by atoms with Gasteiger partial charge in [0.15, 0.2) is 9.84 Å². The van der Waals surface area contributed by atoms with Gasteiger partial charge in [-0.05, 0) is 13.0 Å². The second-order valence-corrected chi connectivity index (χ2v) is 7.02. The Hall–Kier alpha value is -0.660. The summed E-state index contributed by atoms with van der Waals surface area (Å²) in [5, 5.41) is 3.19. The number of sulfone groups is 1. The third kappa shape index (κ3) is 5.32. The molecule has 0 spiro atoms. The fourth-order valence-electron chi connectivity index (χ4n) is 1.91. The molecule has 1 rings (SSSR count). The zero-order valence-electron chi connectivity index (χ0n) is 10.9. The van der Waals surface area contributed by atoms with Crippen LogP contribution in [0, 0.1) is 0 Å². The standard InChI is InChI=1S/C11H23N3O3S/c1-2-4-14(10-8-13-9-10)5-7-18(16,17)6-3-11(12)15/h10,13H,2-9H2,1H3,(H2,12,15). The van der Waals surface area contributed by atoms with E-state index in [1.807, 2.05) is 0 Å². The summed E-state index contributed by atoms with van der Waals surface area (Å²) < 4.78 is 23.4. The minimum absolute atomic E-state index is 0.0822. The van der Waals surface area contributed by atoms with Crippen molar-refractivity contribution in [2.45, 2.75) is 25.8 Å². The Morgan fingerprint density at radius 3 is 2.44 bits per heavy atom. The maximum absolute atomic E-state index is 11.7. The fourth-order valence-corrected chi connectivity index (χ4v) is 3.14. The lowest BCUT2D eigenvalue weighted by Gasteiger charge is -2.38. The molecule has 0 unspecified atom stereocenters. The van der Waals surface area contributed by atoms with Gasteiger partial charge in [-0.2, -0.15) is 0 Å². The van der Waals surface area contributed by atoms with Crippen molar-refractivity contribution in [2.75, 3.05) is 37.7 Å². The van der Waals surface area contributed by atoms with Crippen molar-refractivity contribution in [3.63, 3.8) is 0 Å². The molecule has 0 aromatic heterocycles. The second kappa shape index (κ2) is 7.06. The summed E-state index contributed by atoms with van der Waals surface area (Å²) >= 11 is 0. The van der Waals surface area contributed by atoms with Crippen LogP contribution in [0.1, 0.15) is 19.8 Å². The van der Waals surface area contributed by atoms with Gasteiger partial charge < -0.3 is 11.1 Å². The van der Waals surface area contributed by atoms with E-state index in [0.717, 1.165) is 26.1 Å². The molecule has 1 fully saturated rings. The van der Waals surface area contributed by atoms with Crippen LogP contribution >= 0.6 is 0 Å². The van der Waals surface area contributed by atoms with Crippen LogP contribution in [0.3, 0.4) is 0 Å². The average Bonchev–Trinajstić information content (AvgIpc) is 2.21. The number of rotatable bonds is 9. The van der Waals surface area contributed by atoms with Gasteiger partial charge in [0, 0.05) is 32.1 Å². The van der Waals surface area contributed by atoms with Crippen LogP contribution in [-0.4, -0.2) is 63.0 Å². The maximum Gasteiger partial charge on any atom is 0.218 e. The van der Waals surface area contributed by atoms with Gasteiger partial charge in [-0.1, -0.05) is 6.92 Å². The smallest absolute Gasteiger partial charge is 0.218 e. The van der Waals surface area contributed by atoms with E-state index in [1.165, 1.54) is 0 Å². The van der Waals surface area contributed by atoms with Crippen LogP contribution in [0.25, 0.3) is 0 Å². The number of hydrogen-bond acceptors (Lipinski definition) is 5. The van der Waals surface area contributed by atoms with Gasteiger partial charge >= 0.3 is 0 Å². The molecule has 0 radical (unpaired) electrons. The van der Waals surface area contributed by atoms with E-state index >= 15 is 0 Å². The average molecular weight is 277 g/mol. The topological polar surface area (TPSA) is 92.5 Å². The van der Waals surface area contributed by atoms with Crippen molar-refractivity contribution in [3.8, 4) is 0 Å². The first-order valence-corrected chi connectivity index (χ1v) is 8.20. The van der Waals surface area contributed by atoms with Gasteiger partial charge in [-0.25, -0.2) is 8.42 Å². The third-order valence-electron chi connectivity index (χ3n) is 3.14. The number of nitrogens with two attached hydrogens (primary N) is 1. The summed E-state index contributed by atoms with van der Waals surface area (Å²) in [6.45, 7) is 5.41. The summed E-state index contributed by atoms with van der Waals surface area (Å²) in [6.07, 6.45) is 0.929. The highest BCUT2D eigenvalue weighted by atomic mass is 32.2. The van der Waals surface area contributed by atoms with Gasteiger partial charge in [0.2, 0.25) is 5.91 Å². The monoisotopic (exact) mass is 277 g/mol. The van der Waals surface area contributed by atoms with Gasteiger partial charge in [-0.3, -0.25) is 9.69 Å². The molecule has 0 aliphatic carbocycles. The van der Waals surface area contributed by atoms with Crippen molar-refractivity contribution in [1.29, 1.82) is 0 Å². The van der Waals surface area contributed by atoms with Crippen LogP contribution in [-0.2, 0) is 14.6 Å². The lowest BCUT2D eigenvalue weighted by Crippen LogP contribution is -2.58. The van der Waals surface area contributed by atoms with Crippen molar-refractivity contribution in [2.24, 2.45) is 5.73 Å². The van der Waals surface area contributed by atoms with Crippen LogP contribution in [0.15, 0.2) is 0 Å². The van der Waals surface area contributed by atoms with Gasteiger partial charge in [-0.15, -0.1) is 0 Å². The summed E-state index contributed by atoms with van der Waals surface area (Å²) in [7, 11) is -3.17. The van der Waals surface area contributed by atoms with E-state index in [4.69, 9.17) is 5.73 Å². The first-order chi connectivity index (χ1) is 8.44. The van der Waals surface area contributed by atoms with Gasteiger partial charge in [0.25, 0.3) is 0 Å².